The highest BCUT2D eigenvalue weighted by Gasteiger charge is 2.34. The van der Waals surface area contributed by atoms with Crippen molar-refractivity contribution in [1.82, 2.24) is 13.8 Å². The summed E-state index contributed by atoms with van der Waals surface area (Å²) in [6.45, 7) is 4.01. The Bertz CT molecular complexity index is 976. The molecule has 0 unspecified atom stereocenters. The van der Waals surface area contributed by atoms with E-state index in [9.17, 15) is 13.2 Å². The minimum Gasteiger partial charge on any atom is -0.353 e. The van der Waals surface area contributed by atoms with Crippen molar-refractivity contribution in [1.29, 1.82) is 0 Å². The summed E-state index contributed by atoms with van der Waals surface area (Å²) in [5.41, 5.74) is 1.80. The van der Waals surface area contributed by atoms with E-state index in [0.29, 0.717) is 6.54 Å². The lowest BCUT2D eigenvalue weighted by molar-refractivity contribution is -0.132. The van der Waals surface area contributed by atoms with Crippen LogP contribution in [-0.2, 0) is 28.4 Å². The Morgan fingerprint density at radius 1 is 1.21 bits per heavy atom. The Morgan fingerprint density at radius 2 is 1.93 bits per heavy atom. The fourth-order valence-electron chi connectivity index (χ4n) is 3.10. The molecule has 1 aliphatic carbocycles. The fourth-order valence-corrected chi connectivity index (χ4v) is 4.21. The van der Waals surface area contributed by atoms with Gasteiger partial charge in [0, 0.05) is 36.9 Å². The van der Waals surface area contributed by atoms with E-state index < -0.39 is 10.0 Å². The van der Waals surface area contributed by atoms with E-state index in [1.165, 1.54) is 10.4 Å². The molecule has 1 aromatic heterocycles. The topological polar surface area (TPSA) is 62.6 Å². The molecule has 1 aliphatic rings. The third-order valence-corrected chi connectivity index (χ3v) is 6.41. The molecule has 0 spiro atoms. The summed E-state index contributed by atoms with van der Waals surface area (Å²) in [6.07, 6.45) is 6.89. The van der Waals surface area contributed by atoms with Crippen LogP contribution in [0.4, 0.5) is 0 Å². The maximum atomic E-state index is 13.0. The van der Waals surface area contributed by atoms with Crippen LogP contribution in [0.1, 0.15) is 24.1 Å². The van der Waals surface area contributed by atoms with Gasteiger partial charge in [0.1, 0.15) is 0 Å². The van der Waals surface area contributed by atoms with Gasteiger partial charge >= 0.3 is 0 Å². The van der Waals surface area contributed by atoms with E-state index in [1.54, 1.807) is 11.0 Å². The van der Waals surface area contributed by atoms with Gasteiger partial charge in [-0.1, -0.05) is 36.4 Å². The summed E-state index contributed by atoms with van der Waals surface area (Å²) in [5.74, 6) is -0.188. The average Bonchev–Trinajstić information content (AvgIpc) is 3.47. The van der Waals surface area contributed by atoms with Crippen molar-refractivity contribution in [2.45, 2.75) is 25.4 Å². The zero-order chi connectivity index (χ0) is 20.9. The van der Waals surface area contributed by atoms with Gasteiger partial charge < -0.3 is 9.47 Å². The van der Waals surface area contributed by atoms with Crippen LogP contribution in [0.15, 0.2) is 66.7 Å². The lowest BCUT2D eigenvalue weighted by Crippen LogP contribution is -2.43. The molecule has 0 atom stereocenters. The molecular formula is C22H27N3O3S. The van der Waals surface area contributed by atoms with Gasteiger partial charge in [-0.25, -0.2) is 8.42 Å². The summed E-state index contributed by atoms with van der Waals surface area (Å²) in [5, 5.41) is 1.15. The summed E-state index contributed by atoms with van der Waals surface area (Å²) in [4.78, 5) is 14.8. The molecule has 7 heteroatoms. The van der Waals surface area contributed by atoms with Crippen molar-refractivity contribution in [3.8, 4) is 0 Å². The average molecular weight is 414 g/mol. The monoisotopic (exact) mass is 413 g/mol. The number of aryl methyl sites for hydroxylation is 1. The second-order valence-electron chi connectivity index (χ2n) is 7.20. The first-order chi connectivity index (χ1) is 13.9. The van der Waals surface area contributed by atoms with E-state index >= 15 is 0 Å². The van der Waals surface area contributed by atoms with E-state index in [-0.39, 0.29) is 25.0 Å². The summed E-state index contributed by atoms with van der Waals surface area (Å²) >= 11 is 0. The lowest BCUT2D eigenvalue weighted by atomic mass is 10.2. The maximum Gasteiger partial charge on any atom is 0.238 e. The minimum absolute atomic E-state index is 0.0792. The number of benzene rings is 1. The van der Waals surface area contributed by atoms with Gasteiger partial charge in [0.25, 0.3) is 0 Å². The van der Waals surface area contributed by atoms with Gasteiger partial charge in [-0.15, -0.1) is 6.58 Å². The molecule has 1 saturated carbocycles. The molecule has 0 bridgehead atoms. The number of hydrogen-bond donors (Lipinski definition) is 0. The third kappa shape index (κ3) is 5.68. The van der Waals surface area contributed by atoms with Crippen LogP contribution in [0.25, 0.3) is 6.08 Å². The highest BCUT2D eigenvalue weighted by atomic mass is 32.2. The van der Waals surface area contributed by atoms with E-state index in [0.717, 1.165) is 29.5 Å². The number of aromatic nitrogens is 1. The zero-order valence-electron chi connectivity index (χ0n) is 16.6. The molecule has 2 aromatic rings. The van der Waals surface area contributed by atoms with Gasteiger partial charge in [0.15, 0.2) is 0 Å². The molecule has 6 nitrogen and oxygen atoms in total. The number of nitrogens with zero attached hydrogens (tertiary/aromatic N) is 3. The molecule has 29 heavy (non-hydrogen) atoms. The van der Waals surface area contributed by atoms with Crippen LogP contribution in [0, 0.1) is 0 Å². The molecular weight excluding hydrogens is 386 g/mol. The van der Waals surface area contributed by atoms with Crippen LogP contribution in [0.3, 0.4) is 0 Å². The quantitative estimate of drug-likeness (QED) is 0.563. The Kier molecular flexibility index (Phi) is 6.71. The largest absolute Gasteiger partial charge is 0.353 e. The molecule has 3 rings (SSSR count). The van der Waals surface area contributed by atoms with Crippen LogP contribution < -0.4 is 0 Å². The smallest absolute Gasteiger partial charge is 0.238 e. The number of amides is 1. The molecule has 0 aliphatic heterocycles. The second-order valence-corrected chi connectivity index (χ2v) is 9.02. The molecule has 1 heterocycles. The van der Waals surface area contributed by atoms with Crippen LogP contribution >= 0.6 is 0 Å². The molecule has 154 valence electrons. The summed E-state index contributed by atoms with van der Waals surface area (Å²) in [7, 11) is -1.82. The number of hydrogen-bond acceptors (Lipinski definition) is 3. The van der Waals surface area contributed by atoms with Gasteiger partial charge in [-0.2, -0.15) is 4.31 Å². The Hall–Kier alpha value is -2.64. The zero-order valence-corrected chi connectivity index (χ0v) is 17.5. The molecule has 1 fully saturated rings. The van der Waals surface area contributed by atoms with Crippen molar-refractivity contribution >= 4 is 22.0 Å². The molecule has 0 N–H and O–H groups in total. The van der Waals surface area contributed by atoms with Crippen LogP contribution in [0.5, 0.6) is 0 Å². The molecule has 0 saturated heterocycles. The minimum atomic E-state index is -3.76. The van der Waals surface area contributed by atoms with Gasteiger partial charge in [0.2, 0.25) is 15.9 Å². The number of rotatable bonds is 10. The third-order valence-electron chi connectivity index (χ3n) is 4.93. The van der Waals surface area contributed by atoms with Crippen molar-refractivity contribution in [2.24, 2.45) is 7.05 Å². The van der Waals surface area contributed by atoms with Gasteiger partial charge in [0.05, 0.1) is 13.1 Å². The van der Waals surface area contributed by atoms with Crippen molar-refractivity contribution in [3.05, 3.63) is 78.0 Å². The first-order valence-corrected chi connectivity index (χ1v) is 11.1. The van der Waals surface area contributed by atoms with Gasteiger partial charge in [-0.05, 0) is 36.6 Å². The maximum absolute atomic E-state index is 13.0. The second kappa shape index (κ2) is 9.24. The van der Waals surface area contributed by atoms with Crippen LogP contribution in [0.2, 0.25) is 0 Å². The number of sulfonamides is 1. The van der Waals surface area contributed by atoms with Gasteiger partial charge in [-0.3, -0.25) is 4.79 Å². The lowest BCUT2D eigenvalue weighted by Gasteiger charge is -2.26. The first-order valence-electron chi connectivity index (χ1n) is 9.64. The Morgan fingerprint density at radius 3 is 2.52 bits per heavy atom. The molecule has 1 amide bonds. The van der Waals surface area contributed by atoms with E-state index in [4.69, 9.17) is 0 Å². The van der Waals surface area contributed by atoms with Crippen molar-refractivity contribution in [3.63, 3.8) is 0 Å². The fraction of sp³-hybridized carbons (Fsp3) is 0.318. The van der Waals surface area contributed by atoms with Crippen molar-refractivity contribution < 1.29 is 13.2 Å². The standard InChI is InChI=1S/C22H27N3O3S/c1-3-14-24(29(27,28)16-13-19-8-5-4-6-9-19)18-22(26)25(20-11-12-20)17-21-10-7-15-23(21)2/h3-10,13,15-16,20H,1,11-12,14,17-18H2,2H3. The summed E-state index contributed by atoms with van der Waals surface area (Å²) < 4.78 is 28.8. The molecule has 1 aromatic carbocycles. The van der Waals surface area contributed by atoms with E-state index in [1.807, 2.05) is 60.3 Å². The highest BCUT2D eigenvalue weighted by Crippen LogP contribution is 2.29. The van der Waals surface area contributed by atoms with E-state index in [2.05, 4.69) is 6.58 Å². The Labute approximate surface area is 172 Å². The predicted molar refractivity (Wildman–Crippen MR) is 115 cm³/mol. The first kappa shape index (κ1) is 21.1. The van der Waals surface area contributed by atoms with Crippen molar-refractivity contribution in [2.75, 3.05) is 13.1 Å². The SMILES string of the molecule is C=CCN(CC(=O)N(Cc1cccn1C)C1CC1)S(=O)(=O)C=Cc1ccccc1. The molecule has 0 radical (unpaired) electrons. The highest BCUT2D eigenvalue weighted by molar-refractivity contribution is 7.92. The number of carbonyl (C=O) groups is 1. The van der Waals surface area contributed by atoms with Crippen LogP contribution in [-0.4, -0.2) is 47.2 Å². The predicted octanol–water partition coefficient (Wildman–Crippen LogP) is 3.00. The normalized spacial score (nSPS) is 14.4. The summed E-state index contributed by atoms with van der Waals surface area (Å²) in [6, 6.07) is 13.3. The number of carbonyl (C=O) groups excluding carboxylic acids is 1. The Balaban J connectivity index is 1.74.